The Labute approximate surface area is 184 Å². The summed E-state index contributed by atoms with van der Waals surface area (Å²) in [7, 11) is 0. The molecule has 0 aliphatic rings. The minimum atomic E-state index is -0.999. The van der Waals surface area contributed by atoms with Crippen molar-refractivity contribution in [2.75, 3.05) is 4.90 Å². The number of imide groups is 1. The number of anilines is 1. The predicted molar refractivity (Wildman–Crippen MR) is 116 cm³/mol. The maximum Gasteiger partial charge on any atom is 0.425 e. The Morgan fingerprint density at radius 2 is 1.56 bits per heavy atom. The molecular weight excluding hydrogens is 419 g/mol. The van der Waals surface area contributed by atoms with Gasteiger partial charge in [0.25, 0.3) is 0 Å². The molecule has 0 spiro atoms. The van der Waals surface area contributed by atoms with Crippen molar-refractivity contribution < 1.29 is 33.1 Å². The molecule has 9 heteroatoms. The average molecular weight is 444 g/mol. The van der Waals surface area contributed by atoms with Crippen molar-refractivity contribution in [2.24, 2.45) is 0 Å². The minimum absolute atomic E-state index is 0.139. The second kappa shape index (κ2) is 8.14. The largest absolute Gasteiger partial charge is 0.507 e. The first-order chi connectivity index (χ1) is 14.7. The molecule has 1 aromatic heterocycles. The molecule has 3 rings (SSSR count). The Bertz CT molecular complexity index is 1150. The third kappa shape index (κ3) is 5.16. The van der Waals surface area contributed by atoms with Crippen molar-refractivity contribution in [3.05, 3.63) is 42.2 Å². The number of hydrogen-bond acceptors (Lipinski definition) is 7. The van der Waals surface area contributed by atoms with E-state index in [1.54, 1.807) is 47.6 Å². The monoisotopic (exact) mass is 444 g/mol. The lowest BCUT2D eigenvalue weighted by molar-refractivity contribution is 0.0428. The van der Waals surface area contributed by atoms with Gasteiger partial charge >= 0.3 is 12.2 Å². The maximum atomic E-state index is 13.7. The maximum absolute atomic E-state index is 13.7. The molecule has 0 aliphatic carbocycles. The van der Waals surface area contributed by atoms with Crippen molar-refractivity contribution in [3.63, 3.8) is 0 Å². The van der Waals surface area contributed by atoms with Crippen LogP contribution in [0.15, 0.2) is 40.9 Å². The van der Waals surface area contributed by atoms with Gasteiger partial charge < -0.3 is 19.1 Å². The van der Waals surface area contributed by atoms with Crippen LogP contribution in [0.3, 0.4) is 0 Å². The second-order valence-electron chi connectivity index (χ2n) is 9.17. The van der Waals surface area contributed by atoms with Gasteiger partial charge in [-0.15, -0.1) is 0 Å². The SMILES string of the molecule is CC(C)(C)OC(=O)N(C(=O)OC(C)(C)C)c1noc2ccc(-c3cc(F)ccc3O)cc12. The summed E-state index contributed by atoms with van der Waals surface area (Å²) in [6, 6.07) is 8.19. The van der Waals surface area contributed by atoms with Crippen LogP contribution in [0.1, 0.15) is 41.5 Å². The molecular formula is C23H25FN2O6. The molecule has 0 radical (unpaired) electrons. The van der Waals surface area contributed by atoms with Gasteiger partial charge in [-0.1, -0.05) is 11.2 Å². The predicted octanol–water partition coefficient (Wildman–Crippen LogP) is 6.02. The Hall–Kier alpha value is -3.62. The number of amides is 2. The lowest BCUT2D eigenvalue weighted by Gasteiger charge is -2.27. The molecule has 0 bridgehead atoms. The molecule has 0 unspecified atom stereocenters. The number of hydrogen-bond donors (Lipinski definition) is 1. The van der Waals surface area contributed by atoms with Crippen LogP contribution in [0.2, 0.25) is 0 Å². The molecule has 0 fully saturated rings. The molecule has 3 aromatic rings. The number of carbonyl (C=O) groups is 2. The molecule has 1 N–H and O–H groups in total. The van der Waals surface area contributed by atoms with E-state index in [4.69, 9.17) is 14.0 Å². The summed E-state index contributed by atoms with van der Waals surface area (Å²) in [5.74, 6) is -0.825. The van der Waals surface area contributed by atoms with E-state index in [1.165, 1.54) is 24.3 Å². The molecule has 0 saturated heterocycles. The van der Waals surface area contributed by atoms with Crippen LogP contribution in [-0.4, -0.2) is 33.7 Å². The van der Waals surface area contributed by atoms with Crippen LogP contribution in [0, 0.1) is 5.82 Å². The summed E-state index contributed by atoms with van der Waals surface area (Å²) in [5.41, 5.74) is -0.880. The van der Waals surface area contributed by atoms with Crippen molar-refractivity contribution in [2.45, 2.75) is 52.7 Å². The summed E-state index contributed by atoms with van der Waals surface area (Å²) in [6.07, 6.45) is -2.00. The third-order valence-corrected chi connectivity index (χ3v) is 4.08. The first-order valence-electron chi connectivity index (χ1n) is 9.89. The van der Waals surface area contributed by atoms with Crippen LogP contribution >= 0.6 is 0 Å². The summed E-state index contributed by atoms with van der Waals surface area (Å²) < 4.78 is 29.8. The van der Waals surface area contributed by atoms with E-state index in [1.807, 2.05) is 0 Å². The quantitative estimate of drug-likeness (QED) is 0.516. The Balaban J connectivity index is 2.14. The molecule has 0 aliphatic heterocycles. The molecule has 2 amide bonds. The van der Waals surface area contributed by atoms with Gasteiger partial charge in [0, 0.05) is 5.56 Å². The summed E-state index contributed by atoms with van der Waals surface area (Å²) in [6.45, 7) is 9.94. The highest BCUT2D eigenvalue weighted by Crippen LogP contribution is 2.35. The number of aromatic nitrogens is 1. The van der Waals surface area contributed by atoms with E-state index in [0.29, 0.717) is 10.5 Å². The lowest BCUT2D eigenvalue weighted by Crippen LogP contribution is -2.44. The van der Waals surface area contributed by atoms with Crippen molar-refractivity contribution in [3.8, 4) is 16.9 Å². The van der Waals surface area contributed by atoms with E-state index in [9.17, 15) is 19.1 Å². The topological polar surface area (TPSA) is 102 Å². The van der Waals surface area contributed by atoms with E-state index < -0.39 is 29.2 Å². The zero-order chi connectivity index (χ0) is 23.8. The minimum Gasteiger partial charge on any atom is -0.507 e. The van der Waals surface area contributed by atoms with Crippen LogP contribution < -0.4 is 4.90 Å². The van der Waals surface area contributed by atoms with E-state index >= 15 is 0 Å². The zero-order valence-electron chi connectivity index (χ0n) is 18.7. The average Bonchev–Trinajstić information content (AvgIpc) is 3.04. The van der Waals surface area contributed by atoms with Crippen LogP contribution in [-0.2, 0) is 9.47 Å². The molecule has 0 saturated carbocycles. The fourth-order valence-electron chi connectivity index (χ4n) is 2.86. The van der Waals surface area contributed by atoms with Crippen LogP contribution in [0.5, 0.6) is 5.75 Å². The second-order valence-corrected chi connectivity index (χ2v) is 9.17. The van der Waals surface area contributed by atoms with Crippen LogP contribution in [0.4, 0.5) is 19.8 Å². The number of halogens is 1. The van der Waals surface area contributed by atoms with Gasteiger partial charge in [0.1, 0.15) is 22.8 Å². The normalized spacial score (nSPS) is 12.0. The molecule has 0 atom stereocenters. The number of benzene rings is 2. The van der Waals surface area contributed by atoms with Gasteiger partial charge in [0.2, 0.25) is 0 Å². The van der Waals surface area contributed by atoms with Gasteiger partial charge in [0.05, 0.1) is 5.39 Å². The number of nitrogens with zero attached hydrogens (tertiary/aromatic N) is 2. The van der Waals surface area contributed by atoms with Gasteiger partial charge in [-0.2, -0.15) is 4.90 Å². The highest BCUT2D eigenvalue weighted by Gasteiger charge is 2.36. The first kappa shape index (κ1) is 23.1. The number of carbonyl (C=O) groups excluding carboxylic acids is 2. The molecule has 170 valence electrons. The molecule has 32 heavy (non-hydrogen) atoms. The number of phenols is 1. The zero-order valence-corrected chi connectivity index (χ0v) is 18.7. The summed E-state index contributed by atoms with van der Waals surface area (Å²) in [4.78, 5) is 26.5. The van der Waals surface area contributed by atoms with Gasteiger partial charge in [-0.05, 0) is 77.4 Å². The Morgan fingerprint density at radius 3 is 2.12 bits per heavy atom. The third-order valence-electron chi connectivity index (χ3n) is 4.08. The summed E-state index contributed by atoms with van der Waals surface area (Å²) >= 11 is 0. The number of fused-ring (bicyclic) bond motifs is 1. The number of ether oxygens (including phenoxy) is 2. The van der Waals surface area contributed by atoms with E-state index in [2.05, 4.69) is 5.16 Å². The van der Waals surface area contributed by atoms with Gasteiger partial charge in [0.15, 0.2) is 11.4 Å². The number of aromatic hydroxyl groups is 1. The Morgan fingerprint density at radius 1 is 0.969 bits per heavy atom. The molecule has 8 nitrogen and oxygen atoms in total. The van der Waals surface area contributed by atoms with Crippen molar-refractivity contribution in [1.82, 2.24) is 5.16 Å². The van der Waals surface area contributed by atoms with Gasteiger partial charge in [-0.3, -0.25) is 0 Å². The number of phenolic OH excluding ortho intramolecular Hbond substituents is 1. The van der Waals surface area contributed by atoms with E-state index in [0.717, 1.165) is 6.07 Å². The highest BCUT2D eigenvalue weighted by atomic mass is 19.1. The molecule has 2 aromatic carbocycles. The molecule has 1 heterocycles. The first-order valence-corrected chi connectivity index (χ1v) is 9.89. The smallest absolute Gasteiger partial charge is 0.425 e. The van der Waals surface area contributed by atoms with Crippen LogP contribution in [0.25, 0.3) is 22.1 Å². The Kier molecular flexibility index (Phi) is 5.86. The van der Waals surface area contributed by atoms with Crippen molar-refractivity contribution in [1.29, 1.82) is 0 Å². The van der Waals surface area contributed by atoms with Crippen molar-refractivity contribution >= 4 is 29.0 Å². The lowest BCUT2D eigenvalue weighted by atomic mass is 10.0. The fraction of sp³-hybridized carbons (Fsp3) is 0.348. The highest BCUT2D eigenvalue weighted by molar-refractivity contribution is 6.13. The fourth-order valence-corrected chi connectivity index (χ4v) is 2.86. The number of rotatable bonds is 2. The van der Waals surface area contributed by atoms with Gasteiger partial charge in [-0.25, -0.2) is 14.0 Å². The van der Waals surface area contributed by atoms with E-state index in [-0.39, 0.29) is 28.1 Å². The summed E-state index contributed by atoms with van der Waals surface area (Å²) in [5, 5.41) is 14.3. The standard InChI is InChI=1S/C23H25FN2O6/c1-22(2,3)30-20(28)26(21(29)31-23(4,5)6)19-16-11-13(7-10-18(16)32-25-19)15-12-14(24)8-9-17(15)27/h7-12,27H,1-6H3.